The number of amides is 2. The maximum Gasteiger partial charge on any atom is 0.249 e. The summed E-state index contributed by atoms with van der Waals surface area (Å²) in [5, 5.41) is 24.0. The summed E-state index contributed by atoms with van der Waals surface area (Å²) in [7, 11) is 1.56. The zero-order valence-electron chi connectivity index (χ0n) is 12.4. The van der Waals surface area contributed by atoms with Gasteiger partial charge in [-0.2, -0.15) is 0 Å². The van der Waals surface area contributed by atoms with Crippen LogP contribution in [0.2, 0.25) is 0 Å². The first-order valence-corrected chi connectivity index (χ1v) is 6.67. The standard InChI is InChI=1S/C13H26N2O5/c1-13(2,9-16)11(18)12(19)15-6-4-5-10(17)14-7-8-20-3/h11,16,18H,4-9H2,1-3H3,(H,14,17)(H,15,19)/t11-/m0/s1. The highest BCUT2D eigenvalue weighted by Crippen LogP contribution is 2.19. The number of carbonyl (C=O) groups excluding carboxylic acids is 2. The van der Waals surface area contributed by atoms with Crippen molar-refractivity contribution in [1.29, 1.82) is 0 Å². The Kier molecular flexibility index (Phi) is 9.11. The smallest absolute Gasteiger partial charge is 0.249 e. The second kappa shape index (κ2) is 9.68. The van der Waals surface area contributed by atoms with Gasteiger partial charge in [0.05, 0.1) is 13.2 Å². The van der Waals surface area contributed by atoms with Gasteiger partial charge < -0.3 is 25.6 Å². The SMILES string of the molecule is COCCNC(=O)CCCNC(=O)[C@H](O)C(C)(C)CO. The topological polar surface area (TPSA) is 108 Å². The quantitative estimate of drug-likeness (QED) is 0.387. The van der Waals surface area contributed by atoms with Gasteiger partial charge in [-0.1, -0.05) is 13.8 Å². The van der Waals surface area contributed by atoms with E-state index in [1.54, 1.807) is 21.0 Å². The van der Waals surface area contributed by atoms with E-state index in [9.17, 15) is 14.7 Å². The van der Waals surface area contributed by atoms with E-state index in [1.165, 1.54) is 0 Å². The summed E-state index contributed by atoms with van der Waals surface area (Å²) in [6.45, 7) is 4.13. The molecule has 0 spiro atoms. The summed E-state index contributed by atoms with van der Waals surface area (Å²) in [4.78, 5) is 23.0. The normalized spacial score (nSPS) is 12.8. The van der Waals surface area contributed by atoms with Gasteiger partial charge in [0.2, 0.25) is 11.8 Å². The van der Waals surface area contributed by atoms with Crippen molar-refractivity contribution in [3.05, 3.63) is 0 Å². The van der Waals surface area contributed by atoms with Crippen molar-refractivity contribution in [3.63, 3.8) is 0 Å². The highest BCUT2D eigenvalue weighted by atomic mass is 16.5. The van der Waals surface area contributed by atoms with Gasteiger partial charge in [0.15, 0.2) is 0 Å². The Bertz CT molecular complexity index is 307. The van der Waals surface area contributed by atoms with Gasteiger partial charge >= 0.3 is 0 Å². The molecule has 0 aromatic carbocycles. The van der Waals surface area contributed by atoms with Crippen LogP contribution in [0.15, 0.2) is 0 Å². The minimum absolute atomic E-state index is 0.104. The average molecular weight is 290 g/mol. The lowest BCUT2D eigenvalue weighted by Gasteiger charge is -2.27. The van der Waals surface area contributed by atoms with Gasteiger partial charge in [-0.15, -0.1) is 0 Å². The molecule has 0 saturated heterocycles. The van der Waals surface area contributed by atoms with Crippen LogP contribution in [0.25, 0.3) is 0 Å². The van der Waals surface area contributed by atoms with E-state index >= 15 is 0 Å². The molecule has 0 aromatic heterocycles. The maximum atomic E-state index is 11.6. The van der Waals surface area contributed by atoms with E-state index < -0.39 is 17.4 Å². The molecule has 0 bridgehead atoms. The fourth-order valence-electron chi connectivity index (χ4n) is 1.38. The third-order valence-electron chi connectivity index (χ3n) is 2.90. The predicted octanol–water partition coefficient (Wildman–Crippen LogP) is -0.975. The minimum Gasteiger partial charge on any atom is -0.396 e. The van der Waals surface area contributed by atoms with Crippen LogP contribution in [0.4, 0.5) is 0 Å². The number of aliphatic hydroxyl groups excluding tert-OH is 2. The van der Waals surface area contributed by atoms with E-state index in [0.29, 0.717) is 32.5 Å². The Morgan fingerprint density at radius 1 is 1.25 bits per heavy atom. The molecule has 20 heavy (non-hydrogen) atoms. The fraction of sp³-hybridized carbons (Fsp3) is 0.846. The Morgan fingerprint density at radius 2 is 1.90 bits per heavy atom. The van der Waals surface area contributed by atoms with E-state index in [2.05, 4.69) is 10.6 Å². The van der Waals surface area contributed by atoms with E-state index in [0.717, 1.165) is 0 Å². The van der Waals surface area contributed by atoms with Crippen molar-refractivity contribution in [2.45, 2.75) is 32.8 Å². The van der Waals surface area contributed by atoms with Gasteiger partial charge in [0.1, 0.15) is 6.10 Å². The second-order valence-corrected chi connectivity index (χ2v) is 5.29. The Balaban J connectivity index is 3.79. The highest BCUT2D eigenvalue weighted by Gasteiger charge is 2.32. The van der Waals surface area contributed by atoms with Crippen molar-refractivity contribution in [2.75, 3.05) is 33.4 Å². The molecule has 0 aromatic rings. The van der Waals surface area contributed by atoms with Crippen molar-refractivity contribution in [3.8, 4) is 0 Å². The highest BCUT2D eigenvalue weighted by molar-refractivity contribution is 5.81. The molecule has 7 nitrogen and oxygen atoms in total. The number of ether oxygens (including phenoxy) is 1. The van der Waals surface area contributed by atoms with E-state index in [-0.39, 0.29) is 12.5 Å². The number of nitrogens with one attached hydrogen (secondary N) is 2. The lowest BCUT2D eigenvalue weighted by molar-refractivity contribution is -0.137. The molecular formula is C13H26N2O5. The maximum absolute atomic E-state index is 11.6. The first-order chi connectivity index (χ1) is 9.35. The molecule has 7 heteroatoms. The molecule has 0 aliphatic heterocycles. The second-order valence-electron chi connectivity index (χ2n) is 5.29. The van der Waals surface area contributed by atoms with Gasteiger partial charge in [-0.05, 0) is 6.42 Å². The van der Waals surface area contributed by atoms with Crippen LogP contribution in [0, 0.1) is 5.41 Å². The van der Waals surface area contributed by atoms with Gasteiger partial charge in [-0.25, -0.2) is 0 Å². The molecule has 1 atom stereocenters. The van der Waals surface area contributed by atoms with Crippen molar-refractivity contribution in [1.82, 2.24) is 10.6 Å². The minimum atomic E-state index is -1.27. The van der Waals surface area contributed by atoms with Crippen molar-refractivity contribution >= 4 is 11.8 Å². The summed E-state index contributed by atoms with van der Waals surface area (Å²) >= 11 is 0. The lowest BCUT2D eigenvalue weighted by Crippen LogP contribution is -2.45. The molecule has 0 radical (unpaired) electrons. The molecule has 0 saturated carbocycles. The van der Waals surface area contributed by atoms with Crippen molar-refractivity contribution < 1.29 is 24.5 Å². The molecule has 118 valence electrons. The summed E-state index contributed by atoms with van der Waals surface area (Å²) in [6.07, 6.45) is -0.497. The predicted molar refractivity (Wildman–Crippen MR) is 74.0 cm³/mol. The number of rotatable bonds is 10. The van der Waals surface area contributed by atoms with Gasteiger partial charge in [0, 0.05) is 32.0 Å². The van der Waals surface area contributed by atoms with Crippen LogP contribution in [-0.2, 0) is 14.3 Å². The third kappa shape index (κ3) is 7.42. The molecule has 0 heterocycles. The largest absolute Gasteiger partial charge is 0.396 e. The zero-order chi connectivity index (χ0) is 15.6. The molecule has 0 unspecified atom stereocenters. The van der Waals surface area contributed by atoms with Crippen molar-refractivity contribution in [2.24, 2.45) is 5.41 Å². The summed E-state index contributed by atoms with van der Waals surface area (Å²) in [5.74, 6) is -0.642. The number of hydrogen-bond donors (Lipinski definition) is 4. The molecular weight excluding hydrogens is 264 g/mol. The molecule has 2 amide bonds. The molecule has 0 aliphatic rings. The Morgan fingerprint density at radius 3 is 2.45 bits per heavy atom. The fourth-order valence-corrected chi connectivity index (χ4v) is 1.38. The first kappa shape index (κ1) is 18.8. The van der Waals surface area contributed by atoms with Gasteiger partial charge in [-0.3, -0.25) is 9.59 Å². The summed E-state index contributed by atoms with van der Waals surface area (Å²) in [6, 6.07) is 0. The first-order valence-electron chi connectivity index (χ1n) is 6.67. The van der Waals surface area contributed by atoms with Crippen LogP contribution in [-0.4, -0.2) is 61.5 Å². The third-order valence-corrected chi connectivity index (χ3v) is 2.90. The monoisotopic (exact) mass is 290 g/mol. The summed E-state index contributed by atoms with van der Waals surface area (Å²) < 4.78 is 4.80. The molecule has 4 N–H and O–H groups in total. The number of methoxy groups -OCH3 is 1. The van der Waals surface area contributed by atoms with E-state index in [1.807, 2.05) is 0 Å². The zero-order valence-corrected chi connectivity index (χ0v) is 12.4. The molecule has 0 rings (SSSR count). The Labute approximate surface area is 119 Å². The molecule has 0 fully saturated rings. The lowest BCUT2D eigenvalue weighted by atomic mass is 9.87. The number of carbonyl (C=O) groups is 2. The average Bonchev–Trinajstić information content (AvgIpc) is 2.42. The van der Waals surface area contributed by atoms with Gasteiger partial charge in [0.25, 0.3) is 0 Å². The summed E-state index contributed by atoms with van der Waals surface area (Å²) in [5.41, 5.74) is -0.887. The van der Waals surface area contributed by atoms with E-state index in [4.69, 9.17) is 9.84 Å². The van der Waals surface area contributed by atoms with Crippen LogP contribution < -0.4 is 10.6 Å². The Hall–Kier alpha value is -1.18. The van der Waals surface area contributed by atoms with Crippen LogP contribution in [0.1, 0.15) is 26.7 Å². The number of hydrogen-bond acceptors (Lipinski definition) is 5. The van der Waals surface area contributed by atoms with Crippen LogP contribution >= 0.6 is 0 Å². The van der Waals surface area contributed by atoms with Crippen LogP contribution in [0.5, 0.6) is 0 Å². The number of aliphatic hydroxyl groups is 2. The van der Waals surface area contributed by atoms with Crippen LogP contribution in [0.3, 0.4) is 0 Å². The molecule has 0 aliphatic carbocycles.